The number of benzene rings is 1. The highest BCUT2D eigenvalue weighted by atomic mass is 35.5. The van der Waals surface area contributed by atoms with Gasteiger partial charge in [0.05, 0.1) is 11.7 Å². The number of rotatable bonds is 6. The van der Waals surface area contributed by atoms with Gasteiger partial charge in [0, 0.05) is 29.4 Å². The lowest BCUT2D eigenvalue weighted by Crippen LogP contribution is -2.31. The highest BCUT2D eigenvalue weighted by Crippen LogP contribution is 2.32. The number of amides is 1. The van der Waals surface area contributed by atoms with E-state index < -0.39 is 0 Å². The number of nitrogens with one attached hydrogen (secondary N) is 1. The summed E-state index contributed by atoms with van der Waals surface area (Å²) in [5.74, 6) is 1.36. The number of hydrogen-bond acceptors (Lipinski definition) is 5. The standard InChI is InChI=1S/C24H26ClN5O/c1-16-14-17(2)27-24(26-16)29-22-10-4-8-20(28-22)21-9-5-13-30(21)23(31)12-11-18-6-3-7-19(25)15-18/h3-4,6-8,10,14-15,21H,5,9,11-13H2,1-2H3,(H,26,27,28,29)/t21-/m1/s1. The van der Waals surface area contributed by atoms with E-state index in [-0.39, 0.29) is 11.9 Å². The molecule has 1 aromatic carbocycles. The van der Waals surface area contributed by atoms with Crippen molar-refractivity contribution in [2.45, 2.75) is 45.6 Å². The fraction of sp³-hybridized carbons (Fsp3) is 0.333. The summed E-state index contributed by atoms with van der Waals surface area (Å²) in [7, 11) is 0. The van der Waals surface area contributed by atoms with Gasteiger partial charge in [-0.15, -0.1) is 0 Å². The number of aromatic nitrogens is 3. The molecule has 0 aliphatic carbocycles. The largest absolute Gasteiger partial charge is 0.334 e. The van der Waals surface area contributed by atoms with Crippen molar-refractivity contribution in [3.05, 3.63) is 76.2 Å². The Kier molecular flexibility index (Phi) is 6.47. The van der Waals surface area contributed by atoms with Gasteiger partial charge in [-0.05, 0) is 69.0 Å². The molecule has 1 fully saturated rings. The maximum Gasteiger partial charge on any atom is 0.228 e. The fourth-order valence-corrected chi connectivity index (χ4v) is 4.28. The summed E-state index contributed by atoms with van der Waals surface area (Å²) in [6.07, 6.45) is 3.04. The van der Waals surface area contributed by atoms with Crippen molar-refractivity contribution >= 4 is 29.3 Å². The molecule has 1 amide bonds. The van der Waals surface area contributed by atoms with E-state index in [9.17, 15) is 4.79 Å². The Morgan fingerprint density at radius 1 is 1.10 bits per heavy atom. The second-order valence-corrected chi connectivity index (χ2v) is 8.36. The van der Waals surface area contributed by atoms with Gasteiger partial charge in [-0.3, -0.25) is 4.79 Å². The van der Waals surface area contributed by atoms with E-state index in [1.807, 2.05) is 67.3 Å². The van der Waals surface area contributed by atoms with Gasteiger partial charge in [-0.25, -0.2) is 15.0 Å². The number of aryl methyl sites for hydroxylation is 3. The molecule has 31 heavy (non-hydrogen) atoms. The Bertz CT molecular complexity index is 1070. The molecular formula is C24H26ClN5O. The van der Waals surface area contributed by atoms with Crippen LogP contribution in [0.5, 0.6) is 0 Å². The normalized spacial score (nSPS) is 15.8. The van der Waals surface area contributed by atoms with Gasteiger partial charge < -0.3 is 10.2 Å². The average Bonchev–Trinajstić information content (AvgIpc) is 3.22. The number of halogens is 1. The molecular weight excluding hydrogens is 410 g/mol. The van der Waals surface area contributed by atoms with Crippen molar-refractivity contribution < 1.29 is 4.79 Å². The highest BCUT2D eigenvalue weighted by Gasteiger charge is 2.30. The van der Waals surface area contributed by atoms with E-state index in [2.05, 4.69) is 15.3 Å². The summed E-state index contributed by atoms with van der Waals surface area (Å²) in [5.41, 5.74) is 3.77. The number of anilines is 2. The maximum absolute atomic E-state index is 13.0. The number of carbonyl (C=O) groups excluding carboxylic acids is 1. The molecule has 7 heteroatoms. The third-order valence-corrected chi connectivity index (χ3v) is 5.66. The molecule has 1 N–H and O–H groups in total. The molecule has 6 nitrogen and oxygen atoms in total. The van der Waals surface area contributed by atoms with Crippen molar-refractivity contribution in [2.24, 2.45) is 0 Å². The molecule has 3 aromatic rings. The number of nitrogens with zero attached hydrogens (tertiary/aromatic N) is 4. The van der Waals surface area contributed by atoms with E-state index in [1.54, 1.807) is 0 Å². The number of likely N-dealkylation sites (tertiary alicyclic amines) is 1. The summed E-state index contributed by atoms with van der Waals surface area (Å²) >= 11 is 6.06. The van der Waals surface area contributed by atoms with E-state index >= 15 is 0 Å². The Morgan fingerprint density at radius 3 is 2.65 bits per heavy atom. The molecule has 3 heterocycles. The summed E-state index contributed by atoms with van der Waals surface area (Å²) in [4.78, 5) is 28.5. The van der Waals surface area contributed by atoms with Crippen LogP contribution >= 0.6 is 11.6 Å². The Labute approximate surface area is 187 Å². The van der Waals surface area contributed by atoms with Crippen LogP contribution in [0.15, 0.2) is 48.5 Å². The fourth-order valence-electron chi connectivity index (χ4n) is 4.06. The van der Waals surface area contributed by atoms with Crippen LogP contribution in [0.4, 0.5) is 11.8 Å². The van der Waals surface area contributed by atoms with Crippen LogP contribution < -0.4 is 5.32 Å². The first-order chi connectivity index (χ1) is 15.0. The lowest BCUT2D eigenvalue weighted by Gasteiger charge is -2.25. The molecule has 0 radical (unpaired) electrons. The molecule has 0 saturated carbocycles. The van der Waals surface area contributed by atoms with Crippen molar-refractivity contribution in [1.82, 2.24) is 19.9 Å². The average molecular weight is 436 g/mol. The molecule has 1 atom stereocenters. The van der Waals surface area contributed by atoms with Crippen LogP contribution in [0.3, 0.4) is 0 Å². The first-order valence-electron chi connectivity index (χ1n) is 10.6. The van der Waals surface area contributed by atoms with Gasteiger partial charge in [0.15, 0.2) is 0 Å². The lowest BCUT2D eigenvalue weighted by molar-refractivity contribution is -0.132. The molecule has 0 bridgehead atoms. The van der Waals surface area contributed by atoms with E-state index in [1.165, 1.54) is 0 Å². The smallest absolute Gasteiger partial charge is 0.228 e. The van der Waals surface area contributed by atoms with E-state index in [4.69, 9.17) is 16.6 Å². The zero-order valence-corrected chi connectivity index (χ0v) is 18.6. The summed E-state index contributed by atoms with van der Waals surface area (Å²) in [6, 6.07) is 15.5. The van der Waals surface area contributed by atoms with Gasteiger partial charge >= 0.3 is 0 Å². The number of carbonyl (C=O) groups is 1. The van der Waals surface area contributed by atoms with E-state index in [0.717, 1.165) is 42.0 Å². The second kappa shape index (κ2) is 9.43. The summed E-state index contributed by atoms with van der Waals surface area (Å²) in [5, 5.41) is 3.90. The van der Waals surface area contributed by atoms with Crippen LogP contribution in [0, 0.1) is 13.8 Å². The molecule has 2 aromatic heterocycles. The van der Waals surface area contributed by atoms with Crippen molar-refractivity contribution in [1.29, 1.82) is 0 Å². The monoisotopic (exact) mass is 435 g/mol. The molecule has 1 aliphatic rings. The van der Waals surface area contributed by atoms with Gasteiger partial charge in [0.2, 0.25) is 11.9 Å². The van der Waals surface area contributed by atoms with Gasteiger partial charge in [0.1, 0.15) is 5.82 Å². The van der Waals surface area contributed by atoms with Gasteiger partial charge in [0.25, 0.3) is 0 Å². The summed E-state index contributed by atoms with van der Waals surface area (Å²) in [6.45, 7) is 4.64. The quantitative estimate of drug-likeness (QED) is 0.577. The second-order valence-electron chi connectivity index (χ2n) is 7.92. The lowest BCUT2D eigenvalue weighted by atomic mass is 10.1. The third kappa shape index (κ3) is 5.39. The molecule has 1 saturated heterocycles. The third-order valence-electron chi connectivity index (χ3n) is 5.42. The highest BCUT2D eigenvalue weighted by molar-refractivity contribution is 6.30. The molecule has 1 aliphatic heterocycles. The van der Waals surface area contributed by atoms with Crippen LogP contribution in [0.25, 0.3) is 0 Å². The predicted octanol–water partition coefficient (Wildman–Crippen LogP) is 5.18. The molecule has 0 spiro atoms. The summed E-state index contributed by atoms with van der Waals surface area (Å²) < 4.78 is 0. The minimum absolute atomic E-state index is 0.00576. The SMILES string of the molecule is Cc1cc(C)nc(Nc2cccc([C@H]3CCCN3C(=O)CCc3cccc(Cl)c3)n2)n1. The van der Waals surface area contributed by atoms with Crippen molar-refractivity contribution in [3.8, 4) is 0 Å². The van der Waals surface area contributed by atoms with Crippen LogP contribution in [0.1, 0.15) is 47.9 Å². The zero-order chi connectivity index (χ0) is 21.8. The van der Waals surface area contributed by atoms with Crippen LogP contribution in [-0.4, -0.2) is 32.3 Å². The zero-order valence-electron chi connectivity index (χ0n) is 17.8. The van der Waals surface area contributed by atoms with Crippen LogP contribution in [0.2, 0.25) is 5.02 Å². The minimum Gasteiger partial charge on any atom is -0.334 e. The number of hydrogen-bond donors (Lipinski definition) is 1. The minimum atomic E-state index is -0.00576. The van der Waals surface area contributed by atoms with E-state index in [0.29, 0.717) is 29.6 Å². The van der Waals surface area contributed by atoms with Gasteiger partial charge in [-0.1, -0.05) is 29.8 Å². The molecule has 4 rings (SSSR count). The predicted molar refractivity (Wildman–Crippen MR) is 122 cm³/mol. The molecule has 160 valence electrons. The first-order valence-corrected chi connectivity index (χ1v) is 11.0. The molecule has 0 unspecified atom stereocenters. The Morgan fingerprint density at radius 2 is 1.87 bits per heavy atom. The van der Waals surface area contributed by atoms with Crippen molar-refractivity contribution in [3.63, 3.8) is 0 Å². The Hall–Kier alpha value is -2.99. The number of pyridine rings is 1. The topological polar surface area (TPSA) is 71.0 Å². The van der Waals surface area contributed by atoms with Crippen molar-refractivity contribution in [2.75, 3.05) is 11.9 Å². The Balaban J connectivity index is 1.45. The maximum atomic E-state index is 13.0. The van der Waals surface area contributed by atoms with Crippen LogP contribution in [-0.2, 0) is 11.2 Å². The van der Waals surface area contributed by atoms with Gasteiger partial charge in [-0.2, -0.15) is 0 Å². The first kappa shape index (κ1) is 21.2.